The Bertz CT molecular complexity index is 1600. The van der Waals surface area contributed by atoms with Crippen LogP contribution in [0.4, 0.5) is 0 Å². The molecular formula is C26H19N3O2S. The van der Waals surface area contributed by atoms with Crippen LogP contribution in [0.1, 0.15) is 11.1 Å². The zero-order valence-electron chi connectivity index (χ0n) is 17.5. The van der Waals surface area contributed by atoms with Crippen molar-refractivity contribution in [3.05, 3.63) is 82.8 Å². The topological polar surface area (TPSA) is 56.0 Å². The second kappa shape index (κ2) is 6.80. The van der Waals surface area contributed by atoms with E-state index in [1.807, 2.05) is 66.0 Å². The van der Waals surface area contributed by atoms with E-state index in [2.05, 4.69) is 34.3 Å². The molecule has 2 aromatic carbocycles. The monoisotopic (exact) mass is 437 g/mol. The van der Waals surface area contributed by atoms with Crippen LogP contribution in [0.2, 0.25) is 0 Å². The summed E-state index contributed by atoms with van der Waals surface area (Å²) in [5, 5.41) is 8.61. The number of amides is 2. The largest absolute Gasteiger partial charge is 0.350 e. The van der Waals surface area contributed by atoms with Gasteiger partial charge in [-0.25, -0.2) is 0 Å². The lowest BCUT2D eigenvalue weighted by atomic mass is 9.95. The van der Waals surface area contributed by atoms with E-state index in [0.717, 1.165) is 38.5 Å². The fraction of sp³-hybridized carbons (Fsp3) is 0.0769. The van der Waals surface area contributed by atoms with Crippen LogP contribution in [-0.4, -0.2) is 20.9 Å². The molecule has 0 atom stereocenters. The van der Waals surface area contributed by atoms with Gasteiger partial charge in [0.2, 0.25) is 0 Å². The number of hydrogen-bond donors (Lipinski definition) is 1. The first-order valence-corrected chi connectivity index (χ1v) is 11.2. The Labute approximate surface area is 188 Å². The van der Waals surface area contributed by atoms with Gasteiger partial charge in [0, 0.05) is 59.4 Å². The predicted molar refractivity (Wildman–Crippen MR) is 129 cm³/mol. The highest BCUT2D eigenvalue weighted by Crippen LogP contribution is 2.39. The average molecular weight is 438 g/mol. The summed E-state index contributed by atoms with van der Waals surface area (Å²) in [4.78, 5) is 26.0. The first-order valence-electron chi connectivity index (χ1n) is 10.3. The van der Waals surface area contributed by atoms with Crippen LogP contribution >= 0.6 is 11.3 Å². The third kappa shape index (κ3) is 2.63. The lowest BCUT2D eigenvalue weighted by molar-refractivity contribution is -0.122. The van der Waals surface area contributed by atoms with Gasteiger partial charge in [-0.2, -0.15) is 11.3 Å². The highest BCUT2D eigenvalue weighted by Gasteiger charge is 2.35. The number of imide groups is 1. The highest BCUT2D eigenvalue weighted by molar-refractivity contribution is 7.08. The SMILES string of the molecule is Cn1cc(C2=C(c3cn(C)c4cc(-c5ccsc5)ccc34)C(=O)NC2=O)c2ccccc21. The van der Waals surface area contributed by atoms with E-state index in [9.17, 15) is 9.59 Å². The minimum Gasteiger partial charge on any atom is -0.350 e. The average Bonchev–Trinajstić information content (AvgIpc) is 3.55. The standard InChI is InChI=1S/C26H19N3O2S/c1-28-12-19(17-5-3-4-6-21(17)28)23-24(26(31)27-25(23)30)20-13-29(2)22-11-15(7-8-18(20)22)16-9-10-32-14-16/h3-14H,1-2H3,(H,27,30,31). The molecule has 5 aromatic rings. The number of benzene rings is 2. The van der Waals surface area contributed by atoms with Gasteiger partial charge < -0.3 is 9.13 Å². The van der Waals surface area contributed by atoms with Crippen molar-refractivity contribution in [2.24, 2.45) is 14.1 Å². The molecule has 156 valence electrons. The molecule has 0 fully saturated rings. The number of para-hydroxylation sites is 1. The number of carbonyl (C=O) groups is 2. The summed E-state index contributed by atoms with van der Waals surface area (Å²) in [6, 6.07) is 16.3. The molecule has 5 nitrogen and oxygen atoms in total. The normalized spacial score (nSPS) is 14.2. The Morgan fingerprint density at radius 1 is 0.750 bits per heavy atom. The molecule has 3 aromatic heterocycles. The summed E-state index contributed by atoms with van der Waals surface area (Å²) >= 11 is 1.66. The van der Waals surface area contributed by atoms with E-state index in [-0.39, 0.29) is 11.8 Å². The van der Waals surface area contributed by atoms with E-state index in [0.29, 0.717) is 11.1 Å². The highest BCUT2D eigenvalue weighted by atomic mass is 32.1. The fourth-order valence-corrected chi connectivity index (χ4v) is 5.37. The van der Waals surface area contributed by atoms with Crippen molar-refractivity contribution in [3.8, 4) is 11.1 Å². The molecule has 1 aliphatic rings. The van der Waals surface area contributed by atoms with Crippen LogP contribution in [0.25, 0.3) is 44.1 Å². The lowest BCUT2D eigenvalue weighted by Gasteiger charge is -2.04. The minimum atomic E-state index is -0.354. The van der Waals surface area contributed by atoms with Crippen molar-refractivity contribution in [2.45, 2.75) is 0 Å². The maximum absolute atomic E-state index is 13.0. The van der Waals surface area contributed by atoms with Gasteiger partial charge in [0.1, 0.15) is 0 Å². The van der Waals surface area contributed by atoms with Crippen molar-refractivity contribution in [2.75, 3.05) is 0 Å². The number of carbonyl (C=O) groups excluding carboxylic acids is 2. The maximum Gasteiger partial charge on any atom is 0.259 e. The number of hydrogen-bond acceptors (Lipinski definition) is 3. The van der Waals surface area contributed by atoms with Gasteiger partial charge in [-0.15, -0.1) is 0 Å². The smallest absolute Gasteiger partial charge is 0.259 e. The van der Waals surface area contributed by atoms with E-state index >= 15 is 0 Å². The summed E-state index contributed by atoms with van der Waals surface area (Å²) in [6.45, 7) is 0. The Balaban J connectivity index is 1.62. The Hall–Kier alpha value is -3.90. The van der Waals surface area contributed by atoms with Gasteiger partial charge in [-0.1, -0.05) is 30.3 Å². The van der Waals surface area contributed by atoms with Crippen molar-refractivity contribution in [3.63, 3.8) is 0 Å². The predicted octanol–water partition coefficient (Wildman–Crippen LogP) is 4.97. The van der Waals surface area contributed by atoms with Gasteiger partial charge in [0.25, 0.3) is 11.8 Å². The molecule has 0 unspecified atom stereocenters. The molecule has 0 radical (unpaired) electrons. The molecule has 0 spiro atoms. The summed E-state index contributed by atoms with van der Waals surface area (Å²) in [5.74, 6) is -0.708. The molecule has 0 aliphatic carbocycles. The molecule has 1 N–H and O–H groups in total. The zero-order chi connectivity index (χ0) is 22.0. The molecule has 0 bridgehead atoms. The second-order valence-corrected chi connectivity index (χ2v) is 8.88. The molecule has 6 rings (SSSR count). The number of fused-ring (bicyclic) bond motifs is 2. The van der Waals surface area contributed by atoms with E-state index in [4.69, 9.17) is 0 Å². The Morgan fingerprint density at radius 2 is 1.41 bits per heavy atom. The molecule has 0 saturated carbocycles. The van der Waals surface area contributed by atoms with Gasteiger partial charge in [0.15, 0.2) is 0 Å². The van der Waals surface area contributed by atoms with Crippen molar-refractivity contribution in [1.29, 1.82) is 0 Å². The maximum atomic E-state index is 13.0. The number of nitrogens with zero attached hydrogens (tertiary/aromatic N) is 2. The zero-order valence-corrected chi connectivity index (χ0v) is 18.4. The van der Waals surface area contributed by atoms with E-state index in [1.54, 1.807) is 11.3 Å². The van der Waals surface area contributed by atoms with Gasteiger partial charge >= 0.3 is 0 Å². The number of nitrogens with one attached hydrogen (secondary N) is 1. The summed E-state index contributed by atoms with van der Waals surface area (Å²) in [7, 11) is 3.92. The molecule has 6 heteroatoms. The fourth-order valence-electron chi connectivity index (χ4n) is 4.70. The molecule has 1 aliphatic heterocycles. The van der Waals surface area contributed by atoms with Crippen molar-refractivity contribution in [1.82, 2.24) is 14.5 Å². The van der Waals surface area contributed by atoms with Crippen LogP contribution in [0.15, 0.2) is 71.7 Å². The third-order valence-electron chi connectivity index (χ3n) is 6.21. The van der Waals surface area contributed by atoms with Crippen molar-refractivity contribution >= 4 is 56.1 Å². The molecule has 4 heterocycles. The number of aryl methyl sites for hydroxylation is 2. The van der Waals surface area contributed by atoms with Crippen LogP contribution in [0.5, 0.6) is 0 Å². The van der Waals surface area contributed by atoms with Gasteiger partial charge in [-0.3, -0.25) is 14.9 Å². The molecule has 0 saturated heterocycles. The van der Waals surface area contributed by atoms with E-state index < -0.39 is 0 Å². The van der Waals surface area contributed by atoms with Crippen LogP contribution in [-0.2, 0) is 23.7 Å². The van der Waals surface area contributed by atoms with Gasteiger partial charge in [-0.05, 0) is 40.1 Å². The number of aromatic nitrogens is 2. The third-order valence-corrected chi connectivity index (χ3v) is 6.90. The van der Waals surface area contributed by atoms with Crippen LogP contribution < -0.4 is 5.32 Å². The van der Waals surface area contributed by atoms with E-state index in [1.165, 1.54) is 5.56 Å². The van der Waals surface area contributed by atoms with Crippen LogP contribution in [0, 0.1) is 0 Å². The first-order chi connectivity index (χ1) is 15.5. The Morgan fingerprint density at radius 3 is 2.09 bits per heavy atom. The quantitative estimate of drug-likeness (QED) is 0.406. The lowest BCUT2D eigenvalue weighted by Crippen LogP contribution is -2.22. The summed E-state index contributed by atoms with van der Waals surface area (Å²) in [5.41, 5.74) is 6.73. The summed E-state index contributed by atoms with van der Waals surface area (Å²) in [6.07, 6.45) is 3.87. The second-order valence-electron chi connectivity index (χ2n) is 8.10. The molecule has 2 amide bonds. The molecule has 32 heavy (non-hydrogen) atoms. The minimum absolute atomic E-state index is 0.353. The van der Waals surface area contributed by atoms with Crippen LogP contribution in [0.3, 0.4) is 0 Å². The summed E-state index contributed by atoms with van der Waals surface area (Å²) < 4.78 is 4.01. The first kappa shape index (κ1) is 18.8. The van der Waals surface area contributed by atoms with Gasteiger partial charge in [0.05, 0.1) is 11.1 Å². The molecular weight excluding hydrogens is 418 g/mol. The Kier molecular flexibility index (Phi) is 4.00. The number of rotatable bonds is 3. The van der Waals surface area contributed by atoms with Crippen molar-refractivity contribution < 1.29 is 9.59 Å². The number of thiophene rings is 1.